The average molecular weight is 310 g/mol. The monoisotopic (exact) mass is 310 g/mol. The van der Waals surface area contributed by atoms with Crippen molar-refractivity contribution in [2.75, 3.05) is 31.3 Å². The summed E-state index contributed by atoms with van der Waals surface area (Å²) in [5.74, 6) is 0.649. The fourth-order valence-electron chi connectivity index (χ4n) is 2.56. The Morgan fingerprint density at radius 1 is 1.32 bits per heavy atom. The van der Waals surface area contributed by atoms with Gasteiger partial charge >= 0.3 is 0 Å². The molecule has 22 heavy (non-hydrogen) atoms. The Hall–Kier alpha value is -2.01. The van der Waals surface area contributed by atoms with Crippen molar-refractivity contribution in [3.05, 3.63) is 6.33 Å². The molecule has 5 N–H and O–H groups in total. The third-order valence-electron chi connectivity index (χ3n) is 3.66. The second-order valence-electron chi connectivity index (χ2n) is 5.34. The molecule has 0 bridgehead atoms. The van der Waals surface area contributed by atoms with Crippen LogP contribution in [-0.2, 0) is 4.74 Å². The average Bonchev–Trinajstić information content (AvgIpc) is 3.00. The molecule has 1 aliphatic heterocycles. The normalized spacial score (nSPS) is 28.4. The number of fused-ring (bicyclic) bond motifs is 1. The van der Waals surface area contributed by atoms with Crippen molar-refractivity contribution in [1.29, 1.82) is 0 Å². The van der Waals surface area contributed by atoms with Gasteiger partial charge in [0.15, 0.2) is 23.2 Å². The fourth-order valence-corrected chi connectivity index (χ4v) is 2.56. The molecular weight excluding hydrogens is 292 g/mol. The van der Waals surface area contributed by atoms with Crippen molar-refractivity contribution < 1.29 is 20.1 Å². The molecule has 0 aliphatic carbocycles. The molecule has 2 aromatic heterocycles. The lowest BCUT2D eigenvalue weighted by Gasteiger charge is -2.21. The highest BCUT2D eigenvalue weighted by Gasteiger charge is 2.45. The van der Waals surface area contributed by atoms with Gasteiger partial charge in [0, 0.05) is 14.1 Å². The molecule has 0 spiro atoms. The van der Waals surface area contributed by atoms with Gasteiger partial charge in [-0.2, -0.15) is 0 Å². The second-order valence-corrected chi connectivity index (χ2v) is 5.34. The van der Waals surface area contributed by atoms with Crippen LogP contribution in [0.15, 0.2) is 6.33 Å². The van der Waals surface area contributed by atoms with Crippen molar-refractivity contribution in [3.63, 3.8) is 0 Å². The third kappa shape index (κ3) is 2.08. The number of aromatic nitrogens is 4. The molecule has 3 heterocycles. The Labute approximate surface area is 125 Å². The number of nitrogens with two attached hydrogens (primary N) is 1. The number of hydrogen-bond donors (Lipinski definition) is 4. The molecule has 1 aliphatic rings. The summed E-state index contributed by atoms with van der Waals surface area (Å²) in [6.07, 6.45) is -2.97. The first-order valence-corrected chi connectivity index (χ1v) is 6.74. The van der Waals surface area contributed by atoms with Gasteiger partial charge in [-0.05, 0) is 0 Å². The van der Waals surface area contributed by atoms with Crippen LogP contribution in [-0.4, -0.2) is 73.9 Å². The Morgan fingerprint density at radius 2 is 2.05 bits per heavy atom. The van der Waals surface area contributed by atoms with Gasteiger partial charge < -0.3 is 30.7 Å². The van der Waals surface area contributed by atoms with Gasteiger partial charge in [-0.3, -0.25) is 4.57 Å². The molecule has 10 nitrogen and oxygen atoms in total. The van der Waals surface area contributed by atoms with E-state index in [0.29, 0.717) is 17.1 Å². The van der Waals surface area contributed by atoms with Crippen LogP contribution in [0, 0.1) is 0 Å². The van der Waals surface area contributed by atoms with Crippen LogP contribution in [0.4, 0.5) is 11.8 Å². The molecule has 0 amide bonds. The molecule has 120 valence electrons. The zero-order chi connectivity index (χ0) is 16.0. The van der Waals surface area contributed by atoms with Gasteiger partial charge in [0.05, 0.1) is 6.61 Å². The molecule has 10 heteroatoms. The van der Waals surface area contributed by atoms with Crippen molar-refractivity contribution in [3.8, 4) is 0 Å². The lowest BCUT2D eigenvalue weighted by Crippen LogP contribution is -2.33. The predicted octanol–water partition coefficient (Wildman–Crippen LogP) is -1.91. The van der Waals surface area contributed by atoms with Crippen molar-refractivity contribution in [1.82, 2.24) is 19.5 Å². The summed E-state index contributed by atoms with van der Waals surface area (Å²) in [5, 5.41) is 29.4. The van der Waals surface area contributed by atoms with E-state index in [9.17, 15) is 15.3 Å². The number of imidazole rings is 1. The molecule has 1 fully saturated rings. The van der Waals surface area contributed by atoms with Gasteiger partial charge in [0.1, 0.15) is 24.6 Å². The Bertz CT molecular complexity index is 690. The first-order chi connectivity index (χ1) is 10.5. The van der Waals surface area contributed by atoms with Gasteiger partial charge in [-0.25, -0.2) is 15.0 Å². The lowest BCUT2D eigenvalue weighted by molar-refractivity contribution is -0.0503. The van der Waals surface area contributed by atoms with Crippen LogP contribution < -0.4 is 10.6 Å². The molecular formula is C12H18N6O4. The number of aliphatic hydroxyl groups excluding tert-OH is 3. The summed E-state index contributed by atoms with van der Waals surface area (Å²) in [7, 11) is 3.53. The highest BCUT2D eigenvalue weighted by atomic mass is 16.6. The van der Waals surface area contributed by atoms with E-state index in [1.165, 1.54) is 10.9 Å². The maximum Gasteiger partial charge on any atom is 0.209 e. The number of aliphatic hydroxyl groups is 3. The molecule has 1 saturated heterocycles. The van der Waals surface area contributed by atoms with E-state index in [2.05, 4.69) is 15.0 Å². The van der Waals surface area contributed by atoms with Crippen LogP contribution in [0.2, 0.25) is 0 Å². The number of ether oxygens (including phenoxy) is 1. The predicted molar refractivity (Wildman–Crippen MR) is 77.1 cm³/mol. The summed E-state index contributed by atoms with van der Waals surface area (Å²) < 4.78 is 7.10. The summed E-state index contributed by atoms with van der Waals surface area (Å²) >= 11 is 0. The topological polar surface area (TPSA) is 143 Å². The quantitative estimate of drug-likeness (QED) is 0.510. The van der Waals surface area contributed by atoms with E-state index in [-0.39, 0.29) is 5.82 Å². The Kier molecular flexibility index (Phi) is 3.60. The van der Waals surface area contributed by atoms with Crippen molar-refractivity contribution in [2.45, 2.75) is 24.5 Å². The Balaban J connectivity index is 2.17. The minimum absolute atomic E-state index is 0.207. The maximum absolute atomic E-state index is 10.2. The summed E-state index contributed by atoms with van der Waals surface area (Å²) in [6, 6.07) is 0. The largest absolute Gasteiger partial charge is 0.394 e. The number of anilines is 2. The maximum atomic E-state index is 10.2. The van der Waals surface area contributed by atoms with E-state index in [4.69, 9.17) is 10.5 Å². The zero-order valence-electron chi connectivity index (χ0n) is 12.2. The smallest absolute Gasteiger partial charge is 0.209 e. The van der Waals surface area contributed by atoms with Crippen LogP contribution in [0.3, 0.4) is 0 Å². The number of rotatable bonds is 3. The number of nitrogens with zero attached hydrogens (tertiary/aromatic N) is 5. The third-order valence-corrected chi connectivity index (χ3v) is 3.66. The second kappa shape index (κ2) is 5.32. The first kappa shape index (κ1) is 14.9. The molecule has 3 rings (SSSR count). The van der Waals surface area contributed by atoms with E-state index < -0.39 is 31.1 Å². The van der Waals surface area contributed by atoms with Gasteiger partial charge in [-0.15, -0.1) is 0 Å². The van der Waals surface area contributed by atoms with Crippen molar-refractivity contribution in [2.24, 2.45) is 0 Å². The Morgan fingerprint density at radius 3 is 2.64 bits per heavy atom. The minimum Gasteiger partial charge on any atom is -0.394 e. The standard InChI is InChI=1S/C12H18N6O4/c1-17(2)12-16-6-9(13)14-4-15-10(6)18(12)11-8(21)7(20)5(3-19)22-11/h4-5,7-8,11,19-21H,3H2,1-2H3,(H2,13,14,15)/t5-,7+,8+,11-/m0/s1. The van der Waals surface area contributed by atoms with Gasteiger partial charge in [0.25, 0.3) is 0 Å². The lowest BCUT2D eigenvalue weighted by atomic mass is 10.1. The molecule has 4 atom stereocenters. The van der Waals surface area contributed by atoms with Crippen LogP contribution in [0.5, 0.6) is 0 Å². The molecule has 0 aromatic carbocycles. The van der Waals surface area contributed by atoms with Crippen LogP contribution in [0.25, 0.3) is 11.2 Å². The summed E-state index contributed by atoms with van der Waals surface area (Å²) in [6.45, 7) is -0.407. The van der Waals surface area contributed by atoms with Gasteiger partial charge in [-0.1, -0.05) is 0 Å². The number of nitrogen functional groups attached to an aromatic ring is 1. The molecule has 2 aromatic rings. The zero-order valence-corrected chi connectivity index (χ0v) is 12.2. The van der Waals surface area contributed by atoms with E-state index in [1.807, 2.05) is 0 Å². The molecule has 0 radical (unpaired) electrons. The van der Waals surface area contributed by atoms with E-state index in [1.54, 1.807) is 19.0 Å². The summed E-state index contributed by atoms with van der Waals surface area (Å²) in [5.41, 5.74) is 6.57. The fraction of sp³-hybridized carbons (Fsp3) is 0.583. The number of hydrogen-bond acceptors (Lipinski definition) is 9. The minimum atomic E-state index is -1.23. The highest BCUT2D eigenvalue weighted by Crippen LogP contribution is 2.35. The first-order valence-electron chi connectivity index (χ1n) is 6.74. The van der Waals surface area contributed by atoms with Crippen LogP contribution >= 0.6 is 0 Å². The van der Waals surface area contributed by atoms with E-state index in [0.717, 1.165) is 0 Å². The summed E-state index contributed by atoms with van der Waals surface area (Å²) in [4.78, 5) is 14.1. The highest BCUT2D eigenvalue weighted by molar-refractivity contribution is 5.84. The van der Waals surface area contributed by atoms with Crippen LogP contribution in [0.1, 0.15) is 6.23 Å². The molecule has 0 saturated carbocycles. The van der Waals surface area contributed by atoms with Gasteiger partial charge in [0.2, 0.25) is 5.95 Å². The van der Waals surface area contributed by atoms with E-state index >= 15 is 0 Å². The van der Waals surface area contributed by atoms with Crippen molar-refractivity contribution >= 4 is 22.9 Å². The SMILES string of the molecule is CN(C)c1nc2c(N)ncnc2n1[C@H]1O[C@@H](CO)[C@@H](O)[C@H]1O. The molecule has 0 unspecified atom stereocenters.